The van der Waals surface area contributed by atoms with Gasteiger partial charge in [0.1, 0.15) is 11.4 Å². The zero-order chi connectivity index (χ0) is 21.7. The molecule has 156 valence electrons. The Balaban J connectivity index is 2.27. The smallest absolute Gasteiger partial charge is 0.332 e. The van der Waals surface area contributed by atoms with Gasteiger partial charge in [-0.25, -0.2) is 4.79 Å². The lowest BCUT2D eigenvalue weighted by molar-refractivity contribution is -0.144. The third-order valence-electron chi connectivity index (χ3n) is 4.65. The molecule has 2 N–H and O–H groups in total. The van der Waals surface area contributed by atoms with Gasteiger partial charge in [-0.3, -0.25) is 23.5 Å². The van der Waals surface area contributed by atoms with E-state index in [1.54, 1.807) is 0 Å². The van der Waals surface area contributed by atoms with Crippen molar-refractivity contribution in [2.75, 3.05) is 12.3 Å². The quantitative estimate of drug-likeness (QED) is 0.532. The molecule has 8 nitrogen and oxygen atoms in total. The van der Waals surface area contributed by atoms with Crippen molar-refractivity contribution >= 4 is 17.6 Å². The van der Waals surface area contributed by atoms with Crippen molar-refractivity contribution < 1.29 is 14.3 Å². The molecule has 0 unspecified atom stereocenters. The first-order valence-corrected chi connectivity index (χ1v) is 9.53. The van der Waals surface area contributed by atoms with E-state index in [0.29, 0.717) is 6.42 Å². The number of esters is 1. The summed E-state index contributed by atoms with van der Waals surface area (Å²) in [4.78, 5) is 49.9. The number of nitrogen functional groups attached to an aromatic ring is 1. The maximum absolute atomic E-state index is 12.7. The highest BCUT2D eigenvalue weighted by atomic mass is 16.5. The molecule has 0 radical (unpaired) electrons. The topological polar surface area (TPSA) is 113 Å². The van der Waals surface area contributed by atoms with E-state index in [9.17, 15) is 19.2 Å². The Labute approximate surface area is 168 Å². The van der Waals surface area contributed by atoms with Crippen LogP contribution in [0.4, 0.5) is 5.82 Å². The number of nitrogens with two attached hydrogens (primary N) is 1. The summed E-state index contributed by atoms with van der Waals surface area (Å²) in [7, 11) is 1.28. The first kappa shape index (κ1) is 22.1. The monoisotopic (exact) mass is 401 g/mol. The summed E-state index contributed by atoms with van der Waals surface area (Å²) in [6, 6.07) is 9.10. The largest absolute Gasteiger partial charge is 0.457 e. The van der Waals surface area contributed by atoms with E-state index in [2.05, 4.69) is 0 Å². The van der Waals surface area contributed by atoms with Crippen LogP contribution in [-0.4, -0.2) is 27.5 Å². The van der Waals surface area contributed by atoms with E-state index >= 15 is 0 Å². The number of aromatic nitrogens is 2. The van der Waals surface area contributed by atoms with Gasteiger partial charge in [-0.2, -0.15) is 0 Å². The minimum atomic E-state index is -0.802. The molecule has 0 spiro atoms. The molecule has 0 fully saturated rings. The van der Waals surface area contributed by atoms with Crippen LogP contribution in [0.1, 0.15) is 49.0 Å². The van der Waals surface area contributed by atoms with E-state index < -0.39 is 35.5 Å². The van der Waals surface area contributed by atoms with Gasteiger partial charge in [0.25, 0.3) is 5.56 Å². The highest BCUT2D eigenvalue weighted by molar-refractivity contribution is 6.01. The fourth-order valence-corrected chi connectivity index (χ4v) is 3.12. The second-order valence-corrected chi connectivity index (χ2v) is 7.31. The molecule has 0 aliphatic carbocycles. The van der Waals surface area contributed by atoms with Gasteiger partial charge in [0.05, 0.1) is 5.92 Å². The predicted molar refractivity (Wildman–Crippen MR) is 110 cm³/mol. The number of anilines is 1. The average molecular weight is 401 g/mol. The lowest BCUT2D eigenvalue weighted by atomic mass is 9.97. The first-order chi connectivity index (χ1) is 13.7. The van der Waals surface area contributed by atoms with Crippen LogP contribution in [-0.2, 0) is 23.1 Å². The number of hydrogen-bond acceptors (Lipinski definition) is 6. The van der Waals surface area contributed by atoms with Crippen molar-refractivity contribution in [3.8, 4) is 0 Å². The number of ketones is 1. The summed E-state index contributed by atoms with van der Waals surface area (Å²) in [5.74, 6) is -1.94. The molecule has 0 saturated carbocycles. The van der Waals surface area contributed by atoms with Gasteiger partial charge in [-0.15, -0.1) is 0 Å². The van der Waals surface area contributed by atoms with Crippen LogP contribution in [0.5, 0.6) is 0 Å². The molecule has 2 rings (SSSR count). The number of ether oxygens (including phenoxy) is 1. The molecule has 29 heavy (non-hydrogen) atoms. The van der Waals surface area contributed by atoms with E-state index in [1.165, 1.54) is 11.6 Å². The predicted octanol–water partition coefficient (Wildman–Crippen LogP) is 1.70. The summed E-state index contributed by atoms with van der Waals surface area (Å²) >= 11 is 0. The average Bonchev–Trinajstić information content (AvgIpc) is 2.69. The number of benzene rings is 1. The van der Waals surface area contributed by atoms with E-state index in [1.807, 2.05) is 51.1 Å². The van der Waals surface area contributed by atoms with Crippen LogP contribution >= 0.6 is 0 Å². The van der Waals surface area contributed by atoms with Gasteiger partial charge in [0.2, 0.25) is 5.78 Å². The van der Waals surface area contributed by atoms with Gasteiger partial charge < -0.3 is 10.5 Å². The maximum Gasteiger partial charge on any atom is 0.332 e. The standard InChI is InChI=1S/C21H27N3O5/c1-5-15(14-9-7-6-8-10-14)20(27)29-12-16(25)17-18(22)24(11-13(2)3)21(28)23(4)19(17)26/h6-10,13,15H,5,11-12,22H2,1-4H3/t15-/m0/s1. The molecule has 0 bridgehead atoms. The van der Waals surface area contributed by atoms with Crippen molar-refractivity contribution in [3.63, 3.8) is 0 Å². The molecule has 0 amide bonds. The Morgan fingerprint density at radius 3 is 2.31 bits per heavy atom. The highest BCUT2D eigenvalue weighted by Gasteiger charge is 2.25. The number of carbonyl (C=O) groups is 2. The Morgan fingerprint density at radius 1 is 1.14 bits per heavy atom. The second kappa shape index (κ2) is 9.36. The summed E-state index contributed by atoms with van der Waals surface area (Å²) in [6.07, 6.45) is 0.500. The van der Waals surface area contributed by atoms with E-state index in [4.69, 9.17) is 10.5 Å². The Bertz CT molecular complexity index is 1010. The van der Waals surface area contributed by atoms with Gasteiger partial charge in [0.15, 0.2) is 6.61 Å². The number of rotatable bonds is 8. The van der Waals surface area contributed by atoms with Crippen LogP contribution in [0.2, 0.25) is 0 Å². The third-order valence-corrected chi connectivity index (χ3v) is 4.65. The molecule has 1 heterocycles. The molecular formula is C21H27N3O5. The number of nitrogens with zero attached hydrogens (tertiary/aromatic N) is 2. The zero-order valence-electron chi connectivity index (χ0n) is 17.2. The van der Waals surface area contributed by atoms with Crippen molar-refractivity contribution in [2.45, 2.75) is 39.7 Å². The molecule has 0 aliphatic rings. The molecular weight excluding hydrogens is 374 g/mol. The van der Waals surface area contributed by atoms with Gasteiger partial charge in [-0.05, 0) is 17.9 Å². The summed E-state index contributed by atoms with van der Waals surface area (Å²) in [6.45, 7) is 5.24. The summed E-state index contributed by atoms with van der Waals surface area (Å²) < 4.78 is 7.22. The molecule has 1 atom stereocenters. The van der Waals surface area contributed by atoms with Crippen LogP contribution in [0.25, 0.3) is 0 Å². The van der Waals surface area contributed by atoms with Crippen LogP contribution in [0, 0.1) is 5.92 Å². The third kappa shape index (κ3) is 4.82. The number of carbonyl (C=O) groups excluding carboxylic acids is 2. The number of Topliss-reactive ketones (excluding diaryl/α,β-unsaturated/α-hetero) is 1. The van der Waals surface area contributed by atoms with Gasteiger partial charge >= 0.3 is 11.7 Å². The molecule has 2 aromatic rings. The minimum absolute atomic E-state index is 0.0736. The second-order valence-electron chi connectivity index (χ2n) is 7.31. The highest BCUT2D eigenvalue weighted by Crippen LogP contribution is 2.21. The SMILES string of the molecule is CC[C@H](C(=O)OCC(=O)c1c(N)n(CC(C)C)c(=O)n(C)c1=O)c1ccccc1. The van der Waals surface area contributed by atoms with Gasteiger partial charge in [0, 0.05) is 13.6 Å². The first-order valence-electron chi connectivity index (χ1n) is 9.53. The number of hydrogen-bond donors (Lipinski definition) is 1. The minimum Gasteiger partial charge on any atom is -0.457 e. The fraction of sp³-hybridized carbons (Fsp3) is 0.429. The lowest BCUT2D eigenvalue weighted by Crippen LogP contribution is -2.43. The van der Waals surface area contributed by atoms with E-state index in [0.717, 1.165) is 10.1 Å². The van der Waals surface area contributed by atoms with Crippen molar-refractivity contribution in [2.24, 2.45) is 13.0 Å². The summed E-state index contributed by atoms with van der Waals surface area (Å²) in [5, 5.41) is 0. The molecule has 0 aliphatic heterocycles. The van der Waals surface area contributed by atoms with Crippen molar-refractivity contribution in [3.05, 3.63) is 62.3 Å². The molecule has 8 heteroatoms. The van der Waals surface area contributed by atoms with Crippen LogP contribution < -0.4 is 17.0 Å². The van der Waals surface area contributed by atoms with Crippen molar-refractivity contribution in [1.29, 1.82) is 0 Å². The summed E-state index contributed by atoms with van der Waals surface area (Å²) in [5.41, 5.74) is 5.03. The molecule has 1 aromatic carbocycles. The zero-order valence-corrected chi connectivity index (χ0v) is 17.2. The Hall–Kier alpha value is -3.16. The van der Waals surface area contributed by atoms with E-state index in [-0.39, 0.29) is 23.8 Å². The molecule has 1 aromatic heterocycles. The van der Waals surface area contributed by atoms with Gasteiger partial charge in [-0.1, -0.05) is 51.1 Å². The van der Waals surface area contributed by atoms with Crippen LogP contribution in [0.15, 0.2) is 39.9 Å². The molecule has 0 saturated heterocycles. The van der Waals surface area contributed by atoms with Crippen LogP contribution in [0.3, 0.4) is 0 Å². The normalized spacial score (nSPS) is 12.0. The van der Waals surface area contributed by atoms with Crippen molar-refractivity contribution in [1.82, 2.24) is 9.13 Å². The maximum atomic E-state index is 12.7. The lowest BCUT2D eigenvalue weighted by Gasteiger charge is -2.17. The Kier molecular flexibility index (Phi) is 7.14. The Morgan fingerprint density at radius 2 is 1.76 bits per heavy atom. The fourth-order valence-electron chi connectivity index (χ4n) is 3.12.